The molecule has 4 heteroatoms. The lowest BCUT2D eigenvalue weighted by molar-refractivity contribution is -0.117. The van der Waals surface area contributed by atoms with Crippen molar-refractivity contribution < 1.29 is 13.9 Å². The molecule has 1 N–H and O–H groups in total. The summed E-state index contributed by atoms with van der Waals surface area (Å²) in [4.78, 5) is 12.6. The van der Waals surface area contributed by atoms with Crippen molar-refractivity contribution in [2.75, 3.05) is 6.61 Å². The van der Waals surface area contributed by atoms with Gasteiger partial charge in [-0.05, 0) is 57.4 Å². The Morgan fingerprint density at radius 2 is 1.93 bits per heavy atom. The number of amides is 1. The van der Waals surface area contributed by atoms with Crippen LogP contribution in [0.3, 0.4) is 0 Å². The molecule has 4 nitrogen and oxygen atoms in total. The van der Waals surface area contributed by atoms with Crippen LogP contribution in [0.4, 0.5) is 0 Å². The highest BCUT2D eigenvalue weighted by Gasteiger charge is 2.15. The zero-order valence-electron chi connectivity index (χ0n) is 17.1. The largest absolute Gasteiger partial charge is 0.493 e. The van der Waals surface area contributed by atoms with Crippen LogP contribution in [0.15, 0.2) is 53.0 Å². The predicted octanol–water partition coefficient (Wildman–Crippen LogP) is 5.73. The van der Waals surface area contributed by atoms with Crippen molar-refractivity contribution in [1.29, 1.82) is 0 Å². The number of carbonyl (C=O) groups excluding carboxylic acids is 1. The Kier molecular flexibility index (Phi) is 5.88. The molecule has 1 amide bonds. The molecule has 0 aliphatic heterocycles. The number of ether oxygens (including phenoxy) is 1. The summed E-state index contributed by atoms with van der Waals surface area (Å²) in [6, 6.07) is 13.8. The number of nitrogens with one attached hydrogen (secondary N) is 1. The smallest absolute Gasteiger partial charge is 0.244 e. The molecule has 1 aromatic heterocycles. The molecule has 0 fully saturated rings. The fourth-order valence-electron chi connectivity index (χ4n) is 3.31. The van der Waals surface area contributed by atoms with Gasteiger partial charge in [-0.3, -0.25) is 4.79 Å². The minimum absolute atomic E-state index is 0.0645. The molecule has 28 heavy (non-hydrogen) atoms. The lowest BCUT2D eigenvalue weighted by Crippen LogP contribution is -2.24. The molecule has 146 valence electrons. The molecule has 0 spiro atoms. The van der Waals surface area contributed by atoms with Gasteiger partial charge in [-0.25, -0.2) is 0 Å². The Labute approximate surface area is 166 Å². The Morgan fingerprint density at radius 3 is 2.61 bits per heavy atom. The summed E-state index contributed by atoms with van der Waals surface area (Å²) in [5.74, 6) is 1.49. The lowest BCUT2D eigenvalue weighted by atomic mass is 10.0. The summed E-state index contributed by atoms with van der Waals surface area (Å²) >= 11 is 0. The Morgan fingerprint density at radius 1 is 1.21 bits per heavy atom. The maximum atomic E-state index is 12.6. The van der Waals surface area contributed by atoms with Crippen molar-refractivity contribution in [3.63, 3.8) is 0 Å². The van der Waals surface area contributed by atoms with Crippen LogP contribution in [0.5, 0.6) is 5.75 Å². The van der Waals surface area contributed by atoms with E-state index in [1.54, 1.807) is 6.08 Å². The average Bonchev–Trinajstić information content (AvgIpc) is 2.95. The van der Waals surface area contributed by atoms with Crippen LogP contribution >= 0.6 is 0 Å². The molecule has 0 aliphatic rings. The van der Waals surface area contributed by atoms with Gasteiger partial charge >= 0.3 is 0 Å². The molecule has 0 saturated carbocycles. The SMILES string of the molecule is CCOc1cc2oc(C)c(C)c2cc1/C(C)=C/C(=O)NC(C)c1ccccc1. The number of furan rings is 1. The van der Waals surface area contributed by atoms with Crippen molar-refractivity contribution in [2.45, 2.75) is 40.7 Å². The van der Waals surface area contributed by atoms with E-state index >= 15 is 0 Å². The minimum atomic E-state index is -0.128. The van der Waals surface area contributed by atoms with Gasteiger partial charge in [0.15, 0.2) is 0 Å². The van der Waals surface area contributed by atoms with E-state index in [2.05, 4.69) is 5.32 Å². The number of hydrogen-bond acceptors (Lipinski definition) is 3. The second-order valence-electron chi connectivity index (χ2n) is 7.03. The van der Waals surface area contributed by atoms with Crippen LogP contribution in [0.2, 0.25) is 0 Å². The lowest BCUT2D eigenvalue weighted by Gasteiger charge is -2.14. The highest BCUT2D eigenvalue weighted by molar-refractivity contribution is 5.97. The van der Waals surface area contributed by atoms with Crippen LogP contribution in [0.25, 0.3) is 16.5 Å². The zero-order valence-corrected chi connectivity index (χ0v) is 17.1. The monoisotopic (exact) mass is 377 g/mol. The van der Waals surface area contributed by atoms with E-state index in [1.165, 1.54) is 0 Å². The number of allylic oxidation sites excluding steroid dienone is 1. The minimum Gasteiger partial charge on any atom is -0.493 e. The Bertz CT molecular complexity index is 1020. The number of rotatable bonds is 6. The van der Waals surface area contributed by atoms with Crippen molar-refractivity contribution in [3.8, 4) is 5.75 Å². The highest BCUT2D eigenvalue weighted by atomic mass is 16.5. The molecule has 1 atom stereocenters. The second kappa shape index (κ2) is 8.34. The molecule has 0 saturated heterocycles. The Hall–Kier alpha value is -3.01. The van der Waals surface area contributed by atoms with E-state index in [-0.39, 0.29) is 11.9 Å². The van der Waals surface area contributed by atoms with Gasteiger partial charge in [0.25, 0.3) is 0 Å². The van der Waals surface area contributed by atoms with Crippen molar-refractivity contribution in [1.82, 2.24) is 5.32 Å². The van der Waals surface area contributed by atoms with E-state index in [4.69, 9.17) is 9.15 Å². The number of aryl methyl sites for hydroxylation is 2. The number of benzene rings is 2. The van der Waals surface area contributed by atoms with Crippen LogP contribution in [0, 0.1) is 13.8 Å². The van der Waals surface area contributed by atoms with Crippen LogP contribution in [-0.4, -0.2) is 12.5 Å². The molecule has 0 bridgehead atoms. The summed E-state index contributed by atoms with van der Waals surface area (Å²) in [5.41, 5.74) is 4.73. The molecule has 1 unspecified atom stereocenters. The summed E-state index contributed by atoms with van der Waals surface area (Å²) in [6.07, 6.45) is 1.63. The van der Waals surface area contributed by atoms with E-state index < -0.39 is 0 Å². The van der Waals surface area contributed by atoms with Gasteiger partial charge in [0, 0.05) is 23.1 Å². The number of fused-ring (bicyclic) bond motifs is 1. The fraction of sp³-hybridized carbons (Fsp3) is 0.292. The molecule has 3 rings (SSSR count). The van der Waals surface area contributed by atoms with E-state index in [1.807, 2.05) is 77.1 Å². The molecule has 0 radical (unpaired) electrons. The van der Waals surface area contributed by atoms with Gasteiger partial charge in [-0.1, -0.05) is 30.3 Å². The van der Waals surface area contributed by atoms with E-state index in [9.17, 15) is 4.79 Å². The van der Waals surface area contributed by atoms with Gasteiger partial charge in [0.05, 0.1) is 12.6 Å². The number of hydrogen-bond donors (Lipinski definition) is 1. The topological polar surface area (TPSA) is 51.5 Å². The van der Waals surface area contributed by atoms with Gasteiger partial charge < -0.3 is 14.5 Å². The molecular weight excluding hydrogens is 350 g/mol. The second-order valence-corrected chi connectivity index (χ2v) is 7.03. The molecule has 1 heterocycles. The maximum absolute atomic E-state index is 12.6. The molecule has 3 aromatic rings. The quantitative estimate of drug-likeness (QED) is 0.558. The first-order chi connectivity index (χ1) is 13.4. The fourth-order valence-corrected chi connectivity index (χ4v) is 3.31. The summed E-state index contributed by atoms with van der Waals surface area (Å²) in [5, 5.41) is 4.07. The molecule has 0 aliphatic carbocycles. The predicted molar refractivity (Wildman–Crippen MR) is 114 cm³/mol. The van der Waals surface area contributed by atoms with Crippen molar-refractivity contribution in [2.24, 2.45) is 0 Å². The first-order valence-corrected chi connectivity index (χ1v) is 9.61. The van der Waals surface area contributed by atoms with Crippen LogP contribution in [-0.2, 0) is 4.79 Å². The highest BCUT2D eigenvalue weighted by Crippen LogP contribution is 2.35. The first kappa shape index (κ1) is 19.7. The third-order valence-electron chi connectivity index (χ3n) is 5.01. The van der Waals surface area contributed by atoms with Crippen LogP contribution in [0.1, 0.15) is 49.3 Å². The van der Waals surface area contributed by atoms with Crippen molar-refractivity contribution in [3.05, 3.63) is 71.0 Å². The van der Waals surface area contributed by atoms with Gasteiger partial charge in [0.1, 0.15) is 17.1 Å². The third kappa shape index (κ3) is 4.11. The summed E-state index contributed by atoms with van der Waals surface area (Å²) < 4.78 is 11.6. The number of carbonyl (C=O) groups is 1. The standard InChI is InChI=1S/C24H27NO3/c1-6-27-22-14-23-21(16(3)18(5)28-23)13-20(22)15(2)12-24(26)25-17(4)19-10-8-7-9-11-19/h7-14,17H,6H2,1-5H3,(H,25,26)/b15-12+. The maximum Gasteiger partial charge on any atom is 0.244 e. The normalized spacial score (nSPS) is 12.8. The average molecular weight is 377 g/mol. The third-order valence-corrected chi connectivity index (χ3v) is 5.01. The Balaban J connectivity index is 1.90. The van der Waals surface area contributed by atoms with E-state index in [0.717, 1.165) is 44.7 Å². The van der Waals surface area contributed by atoms with Crippen molar-refractivity contribution >= 4 is 22.4 Å². The molecular formula is C24H27NO3. The molecule has 2 aromatic carbocycles. The summed E-state index contributed by atoms with van der Waals surface area (Å²) in [6.45, 7) is 10.4. The van der Waals surface area contributed by atoms with Crippen LogP contribution < -0.4 is 10.1 Å². The zero-order chi connectivity index (χ0) is 20.3. The first-order valence-electron chi connectivity index (χ1n) is 9.61. The van der Waals surface area contributed by atoms with E-state index in [0.29, 0.717) is 6.61 Å². The van der Waals surface area contributed by atoms with Gasteiger partial charge in [-0.2, -0.15) is 0 Å². The van der Waals surface area contributed by atoms with Gasteiger partial charge in [0.2, 0.25) is 5.91 Å². The summed E-state index contributed by atoms with van der Waals surface area (Å²) in [7, 11) is 0. The van der Waals surface area contributed by atoms with Gasteiger partial charge in [-0.15, -0.1) is 0 Å².